The van der Waals surface area contributed by atoms with Crippen LogP contribution in [0, 0.1) is 5.82 Å². The lowest BCUT2D eigenvalue weighted by Gasteiger charge is -2.15. The highest BCUT2D eigenvalue weighted by atomic mass is 35.5. The molecule has 0 aliphatic heterocycles. The maximum absolute atomic E-state index is 13.3. The van der Waals surface area contributed by atoms with Crippen LogP contribution in [-0.2, 0) is 17.5 Å². The fourth-order valence-electron chi connectivity index (χ4n) is 3.32. The number of carbonyl (C=O) groups excluding carboxylic acids is 1. The van der Waals surface area contributed by atoms with Gasteiger partial charge in [0, 0.05) is 12.1 Å². The molecule has 6 nitrogen and oxygen atoms in total. The summed E-state index contributed by atoms with van der Waals surface area (Å²) in [6.07, 6.45) is -0.356. The highest BCUT2D eigenvalue weighted by Gasteiger charge is 2.43. The van der Waals surface area contributed by atoms with Crippen LogP contribution in [0.1, 0.15) is 48.7 Å². The Morgan fingerprint density at radius 1 is 1.35 bits per heavy atom. The monoisotopic (exact) mass is 455 g/mol. The van der Waals surface area contributed by atoms with E-state index in [4.69, 9.17) is 11.6 Å². The molecule has 164 valence electrons. The lowest BCUT2D eigenvalue weighted by molar-refractivity contribution is -0.141. The van der Waals surface area contributed by atoms with Gasteiger partial charge in [0.1, 0.15) is 11.9 Å². The van der Waals surface area contributed by atoms with Gasteiger partial charge in [-0.1, -0.05) is 23.7 Å². The summed E-state index contributed by atoms with van der Waals surface area (Å²) >= 11 is 5.97. The second kappa shape index (κ2) is 7.99. The molecule has 1 fully saturated rings. The number of nitrogens with zero attached hydrogens (tertiary/aromatic N) is 4. The molecule has 1 atom stereocenters. The number of carbonyl (C=O) groups is 1. The standard InChI is InChI=1S/C20H18ClF4N5O/c1-11(30-17(13-5-6-13)16(21)18(28-30)20(23,24)25)19(31)27-15-8-26-29(10-15)9-12-3-2-4-14(22)7-12/h2-4,7-8,10-11,13H,5-6,9H2,1H3,(H,27,31). The van der Waals surface area contributed by atoms with E-state index in [0.29, 0.717) is 30.6 Å². The van der Waals surface area contributed by atoms with Gasteiger partial charge in [-0.25, -0.2) is 4.39 Å². The van der Waals surface area contributed by atoms with Crippen molar-refractivity contribution in [2.24, 2.45) is 0 Å². The first-order valence-electron chi connectivity index (χ1n) is 9.56. The van der Waals surface area contributed by atoms with Crippen LogP contribution >= 0.6 is 11.6 Å². The third-order valence-corrected chi connectivity index (χ3v) is 5.37. The quantitative estimate of drug-likeness (QED) is 0.531. The molecule has 0 spiro atoms. The lowest BCUT2D eigenvalue weighted by Crippen LogP contribution is -2.26. The highest BCUT2D eigenvalue weighted by molar-refractivity contribution is 6.32. The first kappa shape index (κ1) is 21.4. The molecule has 2 aromatic heterocycles. The normalized spacial score (nSPS) is 15.2. The van der Waals surface area contributed by atoms with Crippen molar-refractivity contribution in [1.29, 1.82) is 0 Å². The minimum absolute atomic E-state index is 0.139. The summed E-state index contributed by atoms with van der Waals surface area (Å²) in [7, 11) is 0. The van der Waals surface area contributed by atoms with Gasteiger partial charge in [-0.05, 0) is 37.5 Å². The number of hydrogen-bond donors (Lipinski definition) is 1. The fraction of sp³-hybridized carbons (Fsp3) is 0.350. The van der Waals surface area contributed by atoms with E-state index >= 15 is 0 Å². The molecule has 31 heavy (non-hydrogen) atoms. The van der Waals surface area contributed by atoms with Gasteiger partial charge in [-0.2, -0.15) is 23.4 Å². The fourth-order valence-corrected chi connectivity index (χ4v) is 3.71. The Morgan fingerprint density at radius 3 is 2.74 bits per heavy atom. The van der Waals surface area contributed by atoms with Gasteiger partial charge >= 0.3 is 6.18 Å². The van der Waals surface area contributed by atoms with Gasteiger partial charge < -0.3 is 5.32 Å². The van der Waals surface area contributed by atoms with Crippen molar-refractivity contribution in [3.05, 3.63) is 64.5 Å². The molecule has 1 aliphatic rings. The Bertz CT molecular complexity index is 1120. The molecule has 1 amide bonds. The minimum atomic E-state index is -4.71. The van der Waals surface area contributed by atoms with E-state index in [1.807, 2.05) is 0 Å². The average Bonchev–Trinajstić information content (AvgIpc) is 3.33. The Morgan fingerprint density at radius 2 is 2.10 bits per heavy atom. The van der Waals surface area contributed by atoms with Crippen molar-refractivity contribution in [3.8, 4) is 0 Å². The predicted molar refractivity (Wildman–Crippen MR) is 105 cm³/mol. The zero-order valence-corrected chi connectivity index (χ0v) is 17.1. The molecule has 4 rings (SSSR count). The molecule has 1 saturated carbocycles. The predicted octanol–water partition coefficient (Wildman–Crippen LogP) is 5.02. The van der Waals surface area contributed by atoms with Crippen LogP contribution in [0.2, 0.25) is 5.02 Å². The number of aromatic nitrogens is 4. The summed E-state index contributed by atoms with van der Waals surface area (Å²) in [6, 6.07) is 5.02. The summed E-state index contributed by atoms with van der Waals surface area (Å²) < 4.78 is 55.6. The van der Waals surface area contributed by atoms with E-state index in [2.05, 4.69) is 15.5 Å². The van der Waals surface area contributed by atoms with E-state index in [1.54, 1.807) is 18.3 Å². The van der Waals surface area contributed by atoms with Crippen LogP contribution < -0.4 is 5.32 Å². The van der Waals surface area contributed by atoms with Crippen LogP contribution in [0.4, 0.5) is 23.2 Å². The minimum Gasteiger partial charge on any atom is -0.322 e. The van der Waals surface area contributed by atoms with Crippen LogP contribution in [0.3, 0.4) is 0 Å². The van der Waals surface area contributed by atoms with Gasteiger partial charge in [-0.3, -0.25) is 14.2 Å². The number of rotatable bonds is 6. The Hall–Kier alpha value is -2.88. The summed E-state index contributed by atoms with van der Waals surface area (Å²) in [6.45, 7) is 1.75. The average molecular weight is 456 g/mol. The molecule has 0 bridgehead atoms. The third-order valence-electron chi connectivity index (χ3n) is 5.00. The Labute approximate surface area is 179 Å². The number of benzene rings is 1. The maximum Gasteiger partial charge on any atom is 0.436 e. The molecule has 1 N–H and O–H groups in total. The molecule has 0 radical (unpaired) electrons. The van der Waals surface area contributed by atoms with Gasteiger partial charge in [0.25, 0.3) is 0 Å². The smallest absolute Gasteiger partial charge is 0.322 e. The largest absolute Gasteiger partial charge is 0.436 e. The van der Waals surface area contributed by atoms with Crippen LogP contribution in [0.25, 0.3) is 0 Å². The zero-order chi connectivity index (χ0) is 22.3. The van der Waals surface area contributed by atoms with Gasteiger partial charge in [0.2, 0.25) is 5.91 Å². The molecule has 1 aromatic carbocycles. The Kier molecular flexibility index (Phi) is 5.50. The van der Waals surface area contributed by atoms with Crippen molar-refractivity contribution >= 4 is 23.2 Å². The van der Waals surface area contributed by atoms with E-state index in [9.17, 15) is 22.4 Å². The molecular weight excluding hydrogens is 438 g/mol. The number of hydrogen-bond acceptors (Lipinski definition) is 3. The zero-order valence-electron chi connectivity index (χ0n) is 16.3. The van der Waals surface area contributed by atoms with Gasteiger partial charge in [0.05, 0.1) is 29.1 Å². The SMILES string of the molecule is CC(C(=O)Nc1cnn(Cc2cccc(F)c2)c1)n1nc(C(F)(F)F)c(Cl)c1C1CC1. The summed E-state index contributed by atoms with van der Waals surface area (Å²) in [5.41, 5.74) is 0.0990. The topological polar surface area (TPSA) is 64.7 Å². The van der Waals surface area contributed by atoms with Crippen molar-refractivity contribution in [2.45, 2.75) is 44.4 Å². The number of nitrogens with one attached hydrogen (secondary N) is 1. The van der Waals surface area contributed by atoms with Crippen molar-refractivity contribution in [2.75, 3.05) is 5.32 Å². The van der Waals surface area contributed by atoms with Crippen LogP contribution in [0.15, 0.2) is 36.7 Å². The molecule has 1 unspecified atom stereocenters. The summed E-state index contributed by atoms with van der Waals surface area (Å²) in [4.78, 5) is 12.7. The van der Waals surface area contributed by atoms with Crippen molar-refractivity contribution in [1.82, 2.24) is 19.6 Å². The van der Waals surface area contributed by atoms with E-state index < -0.39 is 28.8 Å². The number of anilines is 1. The second-order valence-electron chi connectivity index (χ2n) is 7.49. The third kappa shape index (κ3) is 4.58. The molecular formula is C20H18ClF4N5O. The lowest BCUT2D eigenvalue weighted by atomic mass is 10.2. The van der Waals surface area contributed by atoms with E-state index in [1.165, 1.54) is 29.9 Å². The van der Waals surface area contributed by atoms with Crippen molar-refractivity contribution in [3.63, 3.8) is 0 Å². The molecule has 2 heterocycles. The van der Waals surface area contributed by atoms with Gasteiger partial charge in [0.15, 0.2) is 5.69 Å². The van der Waals surface area contributed by atoms with Crippen LogP contribution in [0.5, 0.6) is 0 Å². The number of amides is 1. The first-order chi connectivity index (χ1) is 14.6. The highest BCUT2D eigenvalue weighted by Crippen LogP contribution is 2.47. The van der Waals surface area contributed by atoms with E-state index in [0.717, 1.165) is 4.68 Å². The van der Waals surface area contributed by atoms with Gasteiger partial charge in [-0.15, -0.1) is 0 Å². The molecule has 11 heteroatoms. The molecule has 0 saturated heterocycles. The maximum atomic E-state index is 13.3. The number of halogens is 5. The van der Waals surface area contributed by atoms with E-state index in [-0.39, 0.29) is 17.4 Å². The summed E-state index contributed by atoms with van der Waals surface area (Å²) in [5.74, 6) is -1.06. The van der Waals surface area contributed by atoms with Crippen molar-refractivity contribution < 1.29 is 22.4 Å². The molecule has 3 aromatic rings. The Balaban J connectivity index is 1.50. The van der Waals surface area contributed by atoms with Crippen LogP contribution in [-0.4, -0.2) is 25.5 Å². The second-order valence-corrected chi connectivity index (χ2v) is 7.86. The summed E-state index contributed by atoms with van der Waals surface area (Å²) in [5, 5.41) is 9.92. The first-order valence-corrected chi connectivity index (χ1v) is 9.94. The molecule has 1 aliphatic carbocycles. The number of alkyl halides is 3.